The van der Waals surface area contributed by atoms with Crippen LogP contribution in [0.5, 0.6) is 0 Å². The van der Waals surface area contributed by atoms with Gasteiger partial charge in [-0.2, -0.15) is 5.10 Å². The molecule has 4 nitrogen and oxygen atoms in total. The summed E-state index contributed by atoms with van der Waals surface area (Å²) in [6, 6.07) is 6.19. The van der Waals surface area contributed by atoms with Gasteiger partial charge in [0.25, 0.3) is 0 Å². The number of hydrogen-bond acceptors (Lipinski definition) is 2. The maximum atomic E-state index is 6.31. The van der Waals surface area contributed by atoms with Gasteiger partial charge in [-0.25, -0.2) is 4.98 Å². The predicted octanol–water partition coefficient (Wildman–Crippen LogP) is 3.85. The molecule has 3 aromatic rings. The Morgan fingerprint density at radius 1 is 1.24 bits per heavy atom. The first-order chi connectivity index (χ1) is 10.1. The lowest BCUT2D eigenvalue weighted by Crippen LogP contribution is -2.11. The zero-order valence-corrected chi connectivity index (χ0v) is 13.3. The molecule has 0 aliphatic rings. The monoisotopic (exact) mass is 302 g/mol. The Bertz CT molecular complexity index is 770. The molecule has 2 aromatic heterocycles. The fourth-order valence-electron chi connectivity index (χ4n) is 2.70. The lowest BCUT2D eigenvalue weighted by atomic mass is 10.2. The minimum atomic E-state index is -0.115. The van der Waals surface area contributed by atoms with Crippen LogP contribution in [0.25, 0.3) is 11.0 Å². The summed E-state index contributed by atoms with van der Waals surface area (Å²) in [6.45, 7) is 7.75. The maximum Gasteiger partial charge on any atom is 0.127 e. The van der Waals surface area contributed by atoms with E-state index in [1.807, 2.05) is 36.9 Å². The number of fused-ring (bicyclic) bond motifs is 1. The van der Waals surface area contributed by atoms with E-state index in [1.165, 1.54) is 16.6 Å². The van der Waals surface area contributed by atoms with Crippen LogP contribution >= 0.6 is 11.6 Å². The lowest BCUT2D eigenvalue weighted by Gasteiger charge is -2.11. The van der Waals surface area contributed by atoms with Gasteiger partial charge >= 0.3 is 0 Å². The minimum Gasteiger partial charge on any atom is -0.325 e. The highest BCUT2D eigenvalue weighted by Crippen LogP contribution is 2.26. The van der Waals surface area contributed by atoms with E-state index in [1.54, 1.807) is 0 Å². The van der Waals surface area contributed by atoms with Gasteiger partial charge in [-0.15, -0.1) is 11.6 Å². The zero-order chi connectivity index (χ0) is 15.0. The van der Waals surface area contributed by atoms with Crippen LogP contribution in [-0.2, 0) is 13.1 Å². The maximum absolute atomic E-state index is 6.31. The quantitative estimate of drug-likeness (QED) is 0.686. The van der Waals surface area contributed by atoms with Gasteiger partial charge in [0.1, 0.15) is 5.82 Å². The Morgan fingerprint density at radius 3 is 2.71 bits per heavy atom. The Labute approximate surface area is 129 Å². The van der Waals surface area contributed by atoms with Crippen molar-refractivity contribution >= 4 is 22.6 Å². The van der Waals surface area contributed by atoms with Gasteiger partial charge in [0.05, 0.1) is 29.2 Å². The van der Waals surface area contributed by atoms with Crippen molar-refractivity contribution in [2.75, 3.05) is 0 Å². The number of benzene rings is 1. The molecular formula is C16H19ClN4. The molecule has 0 N–H and O–H groups in total. The summed E-state index contributed by atoms with van der Waals surface area (Å²) in [7, 11) is 0. The number of aromatic nitrogens is 4. The number of alkyl halides is 1. The van der Waals surface area contributed by atoms with Crippen molar-refractivity contribution in [3.63, 3.8) is 0 Å². The Kier molecular flexibility index (Phi) is 3.72. The number of hydrogen-bond donors (Lipinski definition) is 0. The molecule has 1 atom stereocenters. The lowest BCUT2D eigenvalue weighted by molar-refractivity contribution is 0.527. The third-order valence-corrected chi connectivity index (χ3v) is 3.86. The summed E-state index contributed by atoms with van der Waals surface area (Å²) in [5.74, 6) is 0.921. The Morgan fingerprint density at radius 2 is 2.05 bits per heavy atom. The van der Waals surface area contributed by atoms with E-state index >= 15 is 0 Å². The van der Waals surface area contributed by atoms with Crippen molar-refractivity contribution in [3.8, 4) is 0 Å². The summed E-state index contributed by atoms with van der Waals surface area (Å²) in [4.78, 5) is 4.69. The first kappa shape index (κ1) is 14.1. The second-order valence-electron chi connectivity index (χ2n) is 5.46. The number of halogens is 1. The highest BCUT2D eigenvalue weighted by Gasteiger charge is 2.16. The minimum absolute atomic E-state index is 0.115. The van der Waals surface area contributed by atoms with Crippen LogP contribution in [0.4, 0.5) is 0 Å². The summed E-state index contributed by atoms with van der Waals surface area (Å²) < 4.78 is 4.18. The number of rotatable bonds is 4. The number of aryl methyl sites for hydroxylation is 4. The first-order valence-corrected chi connectivity index (χ1v) is 7.59. The van der Waals surface area contributed by atoms with E-state index in [2.05, 4.69) is 28.9 Å². The molecule has 0 aliphatic carbocycles. The molecule has 0 bridgehead atoms. The second kappa shape index (κ2) is 5.53. The van der Waals surface area contributed by atoms with E-state index in [4.69, 9.17) is 16.6 Å². The third kappa shape index (κ3) is 2.68. The molecule has 2 heterocycles. The van der Waals surface area contributed by atoms with E-state index < -0.39 is 0 Å². The molecule has 21 heavy (non-hydrogen) atoms. The molecule has 0 amide bonds. The highest BCUT2D eigenvalue weighted by atomic mass is 35.5. The molecule has 0 aliphatic heterocycles. The van der Waals surface area contributed by atoms with Crippen LogP contribution in [0.3, 0.4) is 0 Å². The molecule has 3 rings (SSSR count). The summed E-state index contributed by atoms with van der Waals surface area (Å²) >= 11 is 6.31. The van der Waals surface area contributed by atoms with Crippen LogP contribution < -0.4 is 0 Å². The van der Waals surface area contributed by atoms with Crippen molar-refractivity contribution in [1.29, 1.82) is 0 Å². The van der Waals surface area contributed by atoms with Crippen molar-refractivity contribution < 1.29 is 0 Å². The predicted molar refractivity (Wildman–Crippen MR) is 85.7 cm³/mol. The van der Waals surface area contributed by atoms with Crippen LogP contribution in [0, 0.1) is 13.8 Å². The van der Waals surface area contributed by atoms with Gasteiger partial charge < -0.3 is 4.57 Å². The van der Waals surface area contributed by atoms with Crippen molar-refractivity contribution in [3.05, 3.63) is 47.5 Å². The molecule has 1 unspecified atom stereocenters. The van der Waals surface area contributed by atoms with Crippen LogP contribution in [0.15, 0.2) is 30.6 Å². The SMILES string of the molecule is Cc1cnn(CCn2c(C(C)Cl)nc3cccc(C)c32)c1. The fourth-order valence-corrected chi connectivity index (χ4v) is 2.87. The van der Waals surface area contributed by atoms with Gasteiger partial charge in [-0.05, 0) is 38.0 Å². The van der Waals surface area contributed by atoms with Gasteiger partial charge in [0.2, 0.25) is 0 Å². The largest absolute Gasteiger partial charge is 0.325 e. The number of para-hydroxylation sites is 1. The highest BCUT2D eigenvalue weighted by molar-refractivity contribution is 6.20. The van der Waals surface area contributed by atoms with Gasteiger partial charge in [-0.1, -0.05) is 12.1 Å². The fraction of sp³-hybridized carbons (Fsp3) is 0.375. The zero-order valence-electron chi connectivity index (χ0n) is 12.5. The van der Waals surface area contributed by atoms with Crippen molar-refractivity contribution in [1.82, 2.24) is 19.3 Å². The van der Waals surface area contributed by atoms with E-state index in [0.29, 0.717) is 0 Å². The molecule has 5 heteroatoms. The Balaban J connectivity index is 2.00. The topological polar surface area (TPSA) is 35.6 Å². The molecule has 1 aromatic carbocycles. The van der Waals surface area contributed by atoms with Crippen LogP contribution in [0.1, 0.15) is 29.3 Å². The number of nitrogens with zero attached hydrogens (tertiary/aromatic N) is 4. The Hall–Kier alpha value is -1.81. The van der Waals surface area contributed by atoms with Crippen molar-refractivity contribution in [2.24, 2.45) is 0 Å². The summed E-state index contributed by atoms with van der Waals surface area (Å²) in [5, 5.41) is 4.23. The summed E-state index contributed by atoms with van der Waals surface area (Å²) in [6.07, 6.45) is 3.93. The van der Waals surface area contributed by atoms with Crippen molar-refractivity contribution in [2.45, 2.75) is 39.2 Å². The molecule has 110 valence electrons. The van der Waals surface area contributed by atoms with Gasteiger partial charge in [-0.3, -0.25) is 4.68 Å². The average Bonchev–Trinajstić information content (AvgIpc) is 3.01. The van der Waals surface area contributed by atoms with E-state index in [0.717, 1.165) is 24.4 Å². The molecular weight excluding hydrogens is 284 g/mol. The molecule has 0 radical (unpaired) electrons. The molecule has 0 saturated heterocycles. The average molecular weight is 303 g/mol. The second-order valence-corrected chi connectivity index (χ2v) is 6.12. The van der Waals surface area contributed by atoms with E-state index in [-0.39, 0.29) is 5.38 Å². The molecule has 0 spiro atoms. The summed E-state index contributed by atoms with van der Waals surface area (Å²) in [5.41, 5.74) is 4.57. The van der Waals surface area contributed by atoms with Gasteiger partial charge in [0.15, 0.2) is 0 Å². The molecule has 0 fully saturated rings. The standard InChI is InChI=1S/C16H19ClN4/c1-11-9-18-20(10-11)7-8-21-15-12(2)5-4-6-14(15)19-16(21)13(3)17/h4-6,9-10,13H,7-8H2,1-3H3. The van der Waals surface area contributed by atoms with Gasteiger partial charge in [0, 0.05) is 12.7 Å². The third-order valence-electron chi connectivity index (χ3n) is 3.67. The van der Waals surface area contributed by atoms with E-state index in [9.17, 15) is 0 Å². The van der Waals surface area contributed by atoms with Crippen LogP contribution in [0.2, 0.25) is 0 Å². The smallest absolute Gasteiger partial charge is 0.127 e. The number of imidazole rings is 1. The first-order valence-electron chi connectivity index (χ1n) is 7.15. The van der Waals surface area contributed by atoms with Crippen LogP contribution in [-0.4, -0.2) is 19.3 Å². The molecule has 0 saturated carbocycles. The normalized spacial score (nSPS) is 13.0.